The van der Waals surface area contributed by atoms with Gasteiger partial charge in [-0.05, 0) is 53.8 Å². The van der Waals surface area contributed by atoms with E-state index in [1.54, 1.807) is 0 Å². The lowest BCUT2D eigenvalue weighted by molar-refractivity contribution is -0.118. The van der Waals surface area contributed by atoms with E-state index in [2.05, 4.69) is 42.0 Å². The van der Waals surface area contributed by atoms with Crippen LogP contribution in [0.3, 0.4) is 0 Å². The number of hydrogen-bond donors (Lipinski definition) is 1. The van der Waals surface area contributed by atoms with Crippen LogP contribution >= 0.6 is 15.9 Å². The van der Waals surface area contributed by atoms with Crippen LogP contribution in [0.15, 0.2) is 46.9 Å². The van der Waals surface area contributed by atoms with Crippen LogP contribution in [0.4, 0.5) is 5.69 Å². The van der Waals surface area contributed by atoms with Gasteiger partial charge in [-0.3, -0.25) is 4.79 Å². The van der Waals surface area contributed by atoms with Crippen LogP contribution in [0.2, 0.25) is 0 Å². The predicted molar refractivity (Wildman–Crippen MR) is 98.2 cm³/mol. The van der Waals surface area contributed by atoms with Gasteiger partial charge >= 0.3 is 0 Å². The Balaban J connectivity index is 1.92. The molecule has 0 aliphatic heterocycles. The number of amides is 1. The summed E-state index contributed by atoms with van der Waals surface area (Å²) in [6, 6.07) is 13.7. The third-order valence-corrected chi connectivity index (χ3v) is 4.12. The molecule has 0 aliphatic rings. The van der Waals surface area contributed by atoms with Crippen molar-refractivity contribution in [2.75, 3.05) is 11.9 Å². The summed E-state index contributed by atoms with van der Waals surface area (Å²) in [5, 5.41) is 2.85. The fourth-order valence-corrected chi connectivity index (χ4v) is 2.67. The lowest BCUT2D eigenvalue weighted by Crippen LogP contribution is -2.20. The summed E-state index contributed by atoms with van der Waals surface area (Å²) in [5.74, 6) is 1.07. The van der Waals surface area contributed by atoms with Gasteiger partial charge in [0.2, 0.25) is 0 Å². The Morgan fingerprint density at radius 3 is 2.48 bits per heavy atom. The molecular weight excluding hydrogens is 354 g/mol. The highest BCUT2D eigenvalue weighted by Gasteiger charge is 2.07. The third-order valence-electron chi connectivity index (χ3n) is 3.62. The number of benzene rings is 2. The molecule has 0 aliphatic carbocycles. The number of anilines is 1. The highest BCUT2D eigenvalue weighted by molar-refractivity contribution is 9.10. The van der Waals surface area contributed by atoms with E-state index in [0.717, 1.165) is 27.9 Å². The maximum Gasteiger partial charge on any atom is 0.262 e. The molecule has 0 bridgehead atoms. The minimum absolute atomic E-state index is 0.000560. The van der Waals surface area contributed by atoms with Crippen molar-refractivity contribution in [3.8, 4) is 5.75 Å². The van der Waals surface area contributed by atoms with E-state index in [9.17, 15) is 4.79 Å². The first-order valence-corrected chi connectivity index (χ1v) is 8.60. The number of rotatable bonds is 6. The molecule has 1 N–H and O–H groups in total. The number of nitrogens with one attached hydrogen (secondary N) is 1. The Morgan fingerprint density at radius 2 is 1.87 bits per heavy atom. The topological polar surface area (TPSA) is 38.3 Å². The zero-order valence-corrected chi connectivity index (χ0v) is 15.3. The van der Waals surface area contributed by atoms with Gasteiger partial charge in [-0.2, -0.15) is 0 Å². The second-order valence-corrected chi connectivity index (χ2v) is 6.63. The Labute approximate surface area is 146 Å². The minimum Gasteiger partial charge on any atom is -0.483 e. The van der Waals surface area contributed by atoms with Crippen molar-refractivity contribution in [2.45, 2.75) is 33.1 Å². The van der Waals surface area contributed by atoms with Gasteiger partial charge < -0.3 is 10.1 Å². The minimum atomic E-state index is -0.160. The van der Waals surface area contributed by atoms with Gasteiger partial charge in [-0.15, -0.1) is 0 Å². The summed E-state index contributed by atoms with van der Waals surface area (Å²) in [6.07, 6.45) is 0.854. The van der Waals surface area contributed by atoms with E-state index < -0.39 is 0 Å². The molecule has 0 aromatic heterocycles. The smallest absolute Gasteiger partial charge is 0.262 e. The molecular formula is C19H22BrNO2. The molecule has 4 heteroatoms. The Morgan fingerprint density at radius 1 is 1.17 bits per heavy atom. The van der Waals surface area contributed by atoms with Gasteiger partial charge in [-0.1, -0.05) is 48.8 Å². The number of halogens is 1. The molecule has 3 nitrogen and oxygen atoms in total. The van der Waals surface area contributed by atoms with Gasteiger partial charge in [0.05, 0.1) is 0 Å². The van der Waals surface area contributed by atoms with Crippen LogP contribution in [0.25, 0.3) is 0 Å². The molecule has 0 saturated carbocycles. The average molecular weight is 376 g/mol. The fraction of sp³-hybridized carbons (Fsp3) is 0.316. The Bertz CT molecular complexity index is 666. The van der Waals surface area contributed by atoms with Crippen LogP contribution in [0.1, 0.15) is 37.8 Å². The molecule has 0 saturated heterocycles. The van der Waals surface area contributed by atoms with E-state index in [4.69, 9.17) is 4.74 Å². The second-order valence-electron chi connectivity index (χ2n) is 5.72. The largest absolute Gasteiger partial charge is 0.483 e. The Hall–Kier alpha value is -1.81. The standard InChI is InChI=1S/C19H22BrNO2/c1-4-14-11-16(20)7-10-18(14)23-12-19(22)21-17-8-5-15(6-9-17)13(2)3/h5-11,13H,4,12H2,1-3H3,(H,21,22). The summed E-state index contributed by atoms with van der Waals surface area (Å²) in [4.78, 5) is 12.0. The van der Waals surface area contributed by atoms with Gasteiger partial charge in [0.15, 0.2) is 6.61 Å². The van der Waals surface area contributed by atoms with Crippen LogP contribution in [0, 0.1) is 0 Å². The van der Waals surface area contributed by atoms with Gasteiger partial charge in [0.1, 0.15) is 5.75 Å². The van der Waals surface area contributed by atoms with Crippen LogP contribution in [-0.2, 0) is 11.2 Å². The zero-order valence-electron chi connectivity index (χ0n) is 13.7. The second kappa shape index (κ2) is 8.16. The highest BCUT2D eigenvalue weighted by Crippen LogP contribution is 2.23. The van der Waals surface area contributed by atoms with Crippen molar-refractivity contribution in [1.82, 2.24) is 0 Å². The van der Waals surface area contributed by atoms with Crippen molar-refractivity contribution in [2.24, 2.45) is 0 Å². The van der Waals surface area contributed by atoms with E-state index in [1.807, 2.05) is 42.5 Å². The SMILES string of the molecule is CCc1cc(Br)ccc1OCC(=O)Nc1ccc(C(C)C)cc1. The number of aryl methyl sites for hydroxylation is 1. The van der Waals surface area contributed by atoms with Gasteiger partial charge in [-0.25, -0.2) is 0 Å². The van der Waals surface area contributed by atoms with Crippen LogP contribution in [0.5, 0.6) is 5.75 Å². The summed E-state index contributed by atoms with van der Waals surface area (Å²) < 4.78 is 6.66. The van der Waals surface area contributed by atoms with Crippen molar-refractivity contribution in [3.05, 3.63) is 58.1 Å². The molecule has 2 rings (SSSR count). The van der Waals surface area contributed by atoms with Crippen molar-refractivity contribution >= 4 is 27.5 Å². The molecule has 2 aromatic carbocycles. The molecule has 0 heterocycles. The zero-order chi connectivity index (χ0) is 16.8. The summed E-state index contributed by atoms with van der Waals surface area (Å²) in [6.45, 7) is 6.35. The molecule has 1 amide bonds. The lowest BCUT2D eigenvalue weighted by Gasteiger charge is -2.12. The Kier molecular flexibility index (Phi) is 6.22. The number of carbonyl (C=O) groups excluding carboxylic acids is 1. The van der Waals surface area contributed by atoms with Crippen molar-refractivity contribution < 1.29 is 9.53 Å². The summed E-state index contributed by atoms with van der Waals surface area (Å²) in [7, 11) is 0. The maximum absolute atomic E-state index is 12.0. The predicted octanol–water partition coefficient (Wildman–Crippen LogP) is 5.15. The highest BCUT2D eigenvalue weighted by atomic mass is 79.9. The van der Waals surface area contributed by atoms with Crippen molar-refractivity contribution in [1.29, 1.82) is 0 Å². The number of ether oxygens (including phenoxy) is 1. The normalized spacial score (nSPS) is 10.7. The molecule has 23 heavy (non-hydrogen) atoms. The molecule has 0 spiro atoms. The number of carbonyl (C=O) groups is 1. The molecule has 0 unspecified atom stereocenters. The van der Waals surface area contributed by atoms with Crippen LogP contribution in [-0.4, -0.2) is 12.5 Å². The molecule has 0 atom stereocenters. The number of hydrogen-bond acceptors (Lipinski definition) is 2. The average Bonchev–Trinajstić information content (AvgIpc) is 2.54. The third kappa shape index (κ3) is 5.10. The van der Waals surface area contributed by atoms with E-state index in [0.29, 0.717) is 5.92 Å². The van der Waals surface area contributed by atoms with E-state index in [1.165, 1.54) is 5.56 Å². The van der Waals surface area contributed by atoms with Crippen molar-refractivity contribution in [3.63, 3.8) is 0 Å². The molecule has 0 radical (unpaired) electrons. The quantitative estimate of drug-likeness (QED) is 0.757. The first kappa shape index (κ1) is 17.5. The lowest BCUT2D eigenvalue weighted by atomic mass is 10.0. The van der Waals surface area contributed by atoms with Crippen LogP contribution < -0.4 is 10.1 Å². The van der Waals surface area contributed by atoms with Gasteiger partial charge in [0, 0.05) is 10.2 Å². The van der Waals surface area contributed by atoms with E-state index >= 15 is 0 Å². The molecule has 2 aromatic rings. The fourth-order valence-electron chi connectivity index (χ4n) is 2.26. The monoisotopic (exact) mass is 375 g/mol. The summed E-state index contributed by atoms with van der Waals surface area (Å²) in [5.41, 5.74) is 3.12. The van der Waals surface area contributed by atoms with Gasteiger partial charge in [0.25, 0.3) is 5.91 Å². The van der Waals surface area contributed by atoms with E-state index in [-0.39, 0.29) is 12.5 Å². The maximum atomic E-state index is 12.0. The molecule has 122 valence electrons. The summed E-state index contributed by atoms with van der Waals surface area (Å²) >= 11 is 3.44. The first-order chi connectivity index (χ1) is 11.0. The molecule has 0 fully saturated rings. The first-order valence-electron chi connectivity index (χ1n) is 7.80.